The molecule has 1 aliphatic heterocycles. The molecule has 1 amide bonds. The zero-order chi connectivity index (χ0) is 28.0. The number of ether oxygens (including phenoxy) is 1. The number of carbonyl (C=O) groups is 2. The molecule has 1 fully saturated rings. The van der Waals surface area contributed by atoms with Crippen molar-refractivity contribution >= 4 is 23.6 Å². The van der Waals surface area contributed by atoms with Crippen LogP contribution in [0.1, 0.15) is 82.7 Å². The molecule has 38 heavy (non-hydrogen) atoms. The first kappa shape index (κ1) is 29.9. The summed E-state index contributed by atoms with van der Waals surface area (Å²) in [6.45, 7) is 13.6. The number of rotatable bonds is 9. The Bertz CT molecular complexity index is 1180. The largest absolute Gasteiger partial charge is 0.466 e. The molecule has 208 valence electrons. The fourth-order valence-electron chi connectivity index (χ4n) is 4.82. The average Bonchev–Trinajstić information content (AvgIpc) is 2.89. The second-order valence-corrected chi connectivity index (χ2v) is 12.4. The van der Waals surface area contributed by atoms with Crippen LogP contribution in [0.25, 0.3) is 0 Å². The predicted molar refractivity (Wildman–Crippen MR) is 153 cm³/mol. The van der Waals surface area contributed by atoms with E-state index in [0.717, 1.165) is 24.8 Å². The van der Waals surface area contributed by atoms with Crippen LogP contribution in [0, 0.1) is 12.8 Å². The van der Waals surface area contributed by atoms with Crippen molar-refractivity contribution in [1.82, 2.24) is 14.5 Å². The molecule has 2 atom stereocenters. The van der Waals surface area contributed by atoms with Gasteiger partial charge in [0.1, 0.15) is 0 Å². The monoisotopic (exact) mass is 541 g/mol. The maximum atomic E-state index is 13.5. The number of piperidine rings is 1. The smallest absolute Gasteiger partial charge is 0.310 e. The zero-order valence-corrected chi connectivity index (χ0v) is 24.8. The standard InChI is InChI=1S/C30H43N3O4S/c1-8-11-25(27(35)33-17-10-12-22(19-33)28(36)37-9-2)38-29-31-20(3)24(26(34)32(29)7)18-21-13-15-23(16-14-21)30(4,5)6/h13-16,22,25H,8-12,17-19H2,1-7H3. The Morgan fingerprint density at radius 3 is 2.47 bits per heavy atom. The summed E-state index contributed by atoms with van der Waals surface area (Å²) < 4.78 is 6.77. The highest BCUT2D eigenvalue weighted by Gasteiger charge is 2.33. The van der Waals surface area contributed by atoms with Crippen molar-refractivity contribution in [2.24, 2.45) is 13.0 Å². The molecule has 7 nitrogen and oxygen atoms in total. The Labute approximate surface area is 231 Å². The molecule has 0 saturated carbocycles. The van der Waals surface area contributed by atoms with E-state index < -0.39 is 0 Å². The molecule has 0 aliphatic carbocycles. The van der Waals surface area contributed by atoms with Gasteiger partial charge in [0.2, 0.25) is 5.91 Å². The number of nitrogens with zero attached hydrogens (tertiary/aromatic N) is 3. The van der Waals surface area contributed by atoms with Gasteiger partial charge < -0.3 is 9.64 Å². The Morgan fingerprint density at radius 1 is 1.18 bits per heavy atom. The number of aryl methyl sites for hydroxylation is 1. The molecule has 2 unspecified atom stereocenters. The van der Waals surface area contributed by atoms with E-state index in [9.17, 15) is 14.4 Å². The summed E-state index contributed by atoms with van der Waals surface area (Å²) in [5, 5.41) is 0.180. The van der Waals surface area contributed by atoms with E-state index in [0.29, 0.717) is 49.0 Å². The molecule has 0 spiro atoms. The van der Waals surface area contributed by atoms with Crippen molar-refractivity contribution in [3.63, 3.8) is 0 Å². The molecule has 2 aromatic rings. The second-order valence-electron chi connectivity index (χ2n) is 11.2. The highest BCUT2D eigenvalue weighted by Crippen LogP contribution is 2.29. The molecule has 0 radical (unpaired) electrons. The highest BCUT2D eigenvalue weighted by molar-refractivity contribution is 8.00. The summed E-state index contributed by atoms with van der Waals surface area (Å²) in [5.41, 5.74) is 3.68. The summed E-state index contributed by atoms with van der Waals surface area (Å²) in [4.78, 5) is 45.8. The molecular formula is C30H43N3O4S. The summed E-state index contributed by atoms with van der Waals surface area (Å²) in [5.74, 6) is -0.504. The van der Waals surface area contributed by atoms with Crippen LogP contribution >= 0.6 is 11.8 Å². The molecule has 2 heterocycles. The summed E-state index contributed by atoms with van der Waals surface area (Å²) in [6, 6.07) is 8.42. The van der Waals surface area contributed by atoms with E-state index in [1.54, 1.807) is 23.4 Å². The van der Waals surface area contributed by atoms with Crippen LogP contribution in [-0.4, -0.2) is 51.3 Å². The molecule has 1 aliphatic rings. The van der Waals surface area contributed by atoms with Gasteiger partial charge in [-0.25, -0.2) is 4.98 Å². The minimum absolute atomic E-state index is 0.000708. The third-order valence-electron chi connectivity index (χ3n) is 7.18. The number of aromatic nitrogens is 2. The molecule has 1 aromatic carbocycles. The zero-order valence-electron chi connectivity index (χ0n) is 24.0. The third-order valence-corrected chi connectivity index (χ3v) is 8.48. The van der Waals surface area contributed by atoms with Crippen LogP contribution in [-0.2, 0) is 33.2 Å². The molecule has 0 N–H and O–H groups in total. The van der Waals surface area contributed by atoms with Crippen molar-refractivity contribution in [2.45, 2.75) is 89.5 Å². The van der Waals surface area contributed by atoms with Gasteiger partial charge in [0.15, 0.2) is 5.16 Å². The average molecular weight is 542 g/mol. The van der Waals surface area contributed by atoms with Crippen LogP contribution in [0.15, 0.2) is 34.2 Å². The number of amides is 1. The fourth-order valence-corrected chi connectivity index (χ4v) is 6.11. The number of hydrogen-bond donors (Lipinski definition) is 0. The van der Waals surface area contributed by atoms with E-state index in [4.69, 9.17) is 9.72 Å². The maximum Gasteiger partial charge on any atom is 0.310 e. The van der Waals surface area contributed by atoms with E-state index in [1.807, 2.05) is 13.8 Å². The number of benzene rings is 1. The first-order valence-corrected chi connectivity index (χ1v) is 14.6. The topological polar surface area (TPSA) is 81.5 Å². The van der Waals surface area contributed by atoms with E-state index in [-0.39, 0.29) is 34.0 Å². The molecule has 1 aromatic heterocycles. The fraction of sp³-hybridized carbons (Fsp3) is 0.600. The normalized spacial score (nSPS) is 16.8. The summed E-state index contributed by atoms with van der Waals surface area (Å²) in [6.07, 6.45) is 3.53. The molecule has 8 heteroatoms. The lowest BCUT2D eigenvalue weighted by Crippen LogP contribution is -2.46. The molecular weight excluding hydrogens is 498 g/mol. The lowest BCUT2D eigenvalue weighted by Gasteiger charge is -2.33. The SMILES string of the molecule is CCCC(Sc1nc(C)c(Cc2ccc(C(C)(C)C)cc2)c(=O)n1C)C(=O)N1CCCC(C(=O)OCC)C1. The van der Waals surface area contributed by atoms with E-state index in [1.165, 1.54) is 17.3 Å². The Kier molecular flexibility index (Phi) is 10.2. The Morgan fingerprint density at radius 2 is 1.87 bits per heavy atom. The lowest BCUT2D eigenvalue weighted by molar-refractivity contribution is -0.151. The van der Waals surface area contributed by atoms with Crippen molar-refractivity contribution in [1.29, 1.82) is 0 Å². The number of carbonyl (C=O) groups excluding carboxylic acids is 2. The van der Waals surface area contributed by atoms with E-state index in [2.05, 4.69) is 45.0 Å². The Hall–Kier alpha value is -2.61. The lowest BCUT2D eigenvalue weighted by atomic mass is 9.86. The van der Waals surface area contributed by atoms with Crippen molar-refractivity contribution < 1.29 is 14.3 Å². The summed E-state index contributed by atoms with van der Waals surface area (Å²) in [7, 11) is 1.73. The number of likely N-dealkylation sites (tertiary alicyclic amines) is 1. The Balaban J connectivity index is 1.79. The first-order valence-electron chi connectivity index (χ1n) is 13.7. The predicted octanol–water partition coefficient (Wildman–Crippen LogP) is 5.04. The van der Waals surface area contributed by atoms with E-state index >= 15 is 0 Å². The van der Waals surface area contributed by atoms with Gasteiger partial charge in [0, 0.05) is 37.8 Å². The van der Waals surface area contributed by atoms with Gasteiger partial charge >= 0.3 is 5.97 Å². The van der Waals surface area contributed by atoms with Crippen molar-refractivity contribution in [2.75, 3.05) is 19.7 Å². The number of thioether (sulfide) groups is 1. The number of esters is 1. The van der Waals surface area contributed by atoms with Crippen LogP contribution in [0.5, 0.6) is 0 Å². The molecule has 0 bridgehead atoms. The van der Waals surface area contributed by atoms with Crippen molar-refractivity contribution in [3.8, 4) is 0 Å². The highest BCUT2D eigenvalue weighted by atomic mass is 32.2. The van der Waals surface area contributed by atoms with Gasteiger partial charge in [-0.15, -0.1) is 0 Å². The molecule has 1 saturated heterocycles. The quantitative estimate of drug-likeness (QED) is 0.251. The van der Waals surface area contributed by atoms with Gasteiger partial charge in [-0.1, -0.05) is 70.1 Å². The first-order chi connectivity index (χ1) is 18.0. The second kappa shape index (κ2) is 13.0. The van der Waals surface area contributed by atoms with Crippen molar-refractivity contribution in [3.05, 3.63) is 57.0 Å². The summed E-state index contributed by atoms with van der Waals surface area (Å²) >= 11 is 1.35. The minimum Gasteiger partial charge on any atom is -0.466 e. The maximum absolute atomic E-state index is 13.5. The third kappa shape index (κ3) is 7.28. The van der Waals surface area contributed by atoms with Crippen LogP contribution < -0.4 is 5.56 Å². The van der Waals surface area contributed by atoms with Gasteiger partial charge in [0.25, 0.3) is 5.56 Å². The van der Waals surface area contributed by atoms with Crippen LogP contribution in [0.4, 0.5) is 0 Å². The number of hydrogen-bond acceptors (Lipinski definition) is 6. The minimum atomic E-state index is -0.366. The van der Waals surface area contributed by atoms with Crippen LogP contribution in [0.2, 0.25) is 0 Å². The van der Waals surface area contributed by atoms with Gasteiger partial charge in [-0.2, -0.15) is 0 Å². The van der Waals surface area contributed by atoms with Gasteiger partial charge in [-0.3, -0.25) is 19.0 Å². The van der Waals surface area contributed by atoms with Crippen LogP contribution in [0.3, 0.4) is 0 Å². The molecule has 3 rings (SSSR count). The van der Waals surface area contributed by atoms with Gasteiger partial charge in [0.05, 0.1) is 17.8 Å². The van der Waals surface area contributed by atoms with Gasteiger partial charge in [-0.05, 0) is 49.7 Å².